The SMILES string of the molecule is Cc1cc(C)cc([Si](C)(C2=CCC=C2Cc2ccccc2)c2cc(C)cc(C)c2)c1. The first-order valence-electron chi connectivity index (χ1n) is 11.0. The summed E-state index contributed by atoms with van der Waals surface area (Å²) in [6.45, 7) is 11.5. The number of rotatable bonds is 5. The van der Waals surface area contributed by atoms with E-state index in [9.17, 15) is 0 Å². The molecule has 1 aliphatic rings. The summed E-state index contributed by atoms with van der Waals surface area (Å²) in [7, 11) is -2.12. The summed E-state index contributed by atoms with van der Waals surface area (Å²) < 4.78 is 0. The zero-order chi connectivity index (χ0) is 21.3. The molecule has 0 saturated carbocycles. The molecule has 30 heavy (non-hydrogen) atoms. The van der Waals surface area contributed by atoms with E-state index in [-0.39, 0.29) is 0 Å². The fraction of sp³-hybridized carbons (Fsp3) is 0.241. The first-order valence-corrected chi connectivity index (χ1v) is 13.5. The van der Waals surface area contributed by atoms with Gasteiger partial charge in [0.2, 0.25) is 0 Å². The smallest absolute Gasteiger partial charge is 0.0804 e. The molecular weight excluding hydrogens is 376 g/mol. The van der Waals surface area contributed by atoms with Gasteiger partial charge in [0.15, 0.2) is 0 Å². The molecule has 0 aromatic heterocycles. The van der Waals surface area contributed by atoms with Gasteiger partial charge in [-0.2, -0.15) is 0 Å². The monoisotopic (exact) mass is 408 g/mol. The molecule has 0 radical (unpaired) electrons. The van der Waals surface area contributed by atoms with Crippen LogP contribution in [0.15, 0.2) is 89.7 Å². The predicted octanol–water partition coefficient (Wildman–Crippen LogP) is 6.15. The van der Waals surface area contributed by atoms with Gasteiger partial charge in [0, 0.05) is 0 Å². The number of benzene rings is 3. The van der Waals surface area contributed by atoms with Crippen molar-refractivity contribution in [3.05, 3.63) is 117 Å². The third kappa shape index (κ3) is 4.00. The highest BCUT2D eigenvalue weighted by Crippen LogP contribution is 2.32. The molecule has 0 unspecified atom stereocenters. The van der Waals surface area contributed by atoms with Crippen LogP contribution in [0.4, 0.5) is 0 Å². The van der Waals surface area contributed by atoms with Crippen molar-refractivity contribution in [3.63, 3.8) is 0 Å². The Bertz CT molecular complexity index is 1040. The maximum absolute atomic E-state index is 2.56. The standard InChI is InChI=1S/C29H32Si/c1-21-14-22(2)17-27(16-21)30(5,28-18-23(3)15-24(4)19-28)29-13-9-12-26(29)20-25-10-7-6-8-11-25/h6-8,10-19H,9,20H2,1-5H3. The van der Waals surface area contributed by atoms with Gasteiger partial charge in [-0.05, 0) is 62.0 Å². The minimum atomic E-state index is -2.12. The summed E-state index contributed by atoms with van der Waals surface area (Å²) in [5, 5.41) is 4.65. The summed E-state index contributed by atoms with van der Waals surface area (Å²) in [4.78, 5) is 0. The van der Waals surface area contributed by atoms with E-state index in [1.54, 1.807) is 5.20 Å². The van der Waals surface area contributed by atoms with Crippen LogP contribution in [0.3, 0.4) is 0 Å². The number of aryl methyl sites for hydroxylation is 4. The Morgan fingerprint density at radius 2 is 1.17 bits per heavy atom. The lowest BCUT2D eigenvalue weighted by molar-refractivity contribution is 1.18. The van der Waals surface area contributed by atoms with Gasteiger partial charge in [-0.15, -0.1) is 0 Å². The Morgan fingerprint density at radius 3 is 1.67 bits per heavy atom. The first kappa shape index (κ1) is 20.6. The van der Waals surface area contributed by atoms with E-state index in [2.05, 4.69) is 113 Å². The third-order valence-corrected chi connectivity index (χ3v) is 10.9. The highest BCUT2D eigenvalue weighted by atomic mass is 28.3. The molecule has 0 nitrogen and oxygen atoms in total. The Kier molecular flexibility index (Phi) is 5.66. The van der Waals surface area contributed by atoms with Crippen LogP contribution < -0.4 is 10.4 Å². The van der Waals surface area contributed by atoms with Crippen molar-refractivity contribution in [2.45, 2.75) is 47.1 Å². The van der Waals surface area contributed by atoms with Crippen LogP contribution in [0.5, 0.6) is 0 Å². The molecule has 3 aromatic rings. The van der Waals surface area contributed by atoms with Gasteiger partial charge < -0.3 is 0 Å². The molecule has 0 spiro atoms. The fourth-order valence-corrected chi connectivity index (χ4v) is 9.45. The van der Waals surface area contributed by atoms with Crippen molar-refractivity contribution in [1.82, 2.24) is 0 Å². The normalized spacial score (nSPS) is 13.9. The summed E-state index contributed by atoms with van der Waals surface area (Å²) >= 11 is 0. The van der Waals surface area contributed by atoms with Crippen LogP contribution in [0.1, 0.15) is 34.2 Å². The molecule has 0 heterocycles. The van der Waals surface area contributed by atoms with Gasteiger partial charge in [0.1, 0.15) is 8.07 Å². The quantitative estimate of drug-likeness (QED) is 0.444. The highest BCUT2D eigenvalue weighted by molar-refractivity contribution is 7.07. The maximum Gasteiger partial charge on any atom is 0.145 e. The Hall–Kier alpha value is -2.64. The van der Waals surface area contributed by atoms with E-state index in [4.69, 9.17) is 0 Å². The molecule has 3 aromatic carbocycles. The largest absolute Gasteiger partial charge is 0.145 e. The van der Waals surface area contributed by atoms with Crippen molar-refractivity contribution in [2.75, 3.05) is 0 Å². The average molecular weight is 409 g/mol. The van der Waals surface area contributed by atoms with E-state index in [1.165, 1.54) is 43.8 Å². The molecule has 1 aliphatic carbocycles. The Labute approximate surface area is 183 Å². The second-order valence-electron chi connectivity index (χ2n) is 9.12. The molecule has 0 aliphatic heterocycles. The summed E-state index contributed by atoms with van der Waals surface area (Å²) in [6, 6.07) is 25.3. The third-order valence-electron chi connectivity index (χ3n) is 6.41. The molecule has 152 valence electrons. The van der Waals surface area contributed by atoms with E-state index in [0.29, 0.717) is 0 Å². The van der Waals surface area contributed by atoms with Crippen LogP contribution >= 0.6 is 0 Å². The van der Waals surface area contributed by atoms with Crippen molar-refractivity contribution in [2.24, 2.45) is 0 Å². The molecule has 0 amide bonds. The second-order valence-corrected chi connectivity index (χ2v) is 13.1. The van der Waals surface area contributed by atoms with Crippen LogP contribution in [0.2, 0.25) is 6.55 Å². The lowest BCUT2D eigenvalue weighted by atomic mass is 10.1. The van der Waals surface area contributed by atoms with Gasteiger partial charge in [-0.25, -0.2) is 0 Å². The van der Waals surface area contributed by atoms with Crippen LogP contribution in [0.25, 0.3) is 0 Å². The van der Waals surface area contributed by atoms with Gasteiger partial charge in [0.25, 0.3) is 0 Å². The highest BCUT2D eigenvalue weighted by Gasteiger charge is 2.39. The summed E-state index contributed by atoms with van der Waals surface area (Å²) in [5.41, 5.74) is 8.36. The number of hydrogen-bond acceptors (Lipinski definition) is 0. The second kappa shape index (κ2) is 8.24. The summed E-state index contributed by atoms with van der Waals surface area (Å²) in [5.74, 6) is 0. The Morgan fingerprint density at radius 1 is 0.667 bits per heavy atom. The van der Waals surface area contributed by atoms with E-state index in [1.807, 2.05) is 0 Å². The molecule has 1 heteroatoms. The van der Waals surface area contributed by atoms with Crippen LogP contribution in [0, 0.1) is 27.7 Å². The van der Waals surface area contributed by atoms with Gasteiger partial charge in [-0.1, -0.05) is 113 Å². The summed E-state index contributed by atoms with van der Waals surface area (Å²) in [6.07, 6.45) is 7.04. The van der Waals surface area contributed by atoms with Crippen molar-refractivity contribution >= 4 is 18.4 Å². The molecular formula is C29H32Si. The lowest BCUT2D eigenvalue weighted by Gasteiger charge is -2.33. The van der Waals surface area contributed by atoms with Crippen molar-refractivity contribution in [1.29, 1.82) is 0 Å². The van der Waals surface area contributed by atoms with Gasteiger partial charge >= 0.3 is 0 Å². The van der Waals surface area contributed by atoms with Crippen LogP contribution in [-0.2, 0) is 6.42 Å². The van der Waals surface area contributed by atoms with Crippen molar-refractivity contribution in [3.8, 4) is 0 Å². The zero-order valence-electron chi connectivity index (χ0n) is 18.9. The van der Waals surface area contributed by atoms with E-state index >= 15 is 0 Å². The number of allylic oxidation sites excluding steroid dienone is 4. The van der Waals surface area contributed by atoms with E-state index < -0.39 is 8.07 Å². The van der Waals surface area contributed by atoms with Gasteiger partial charge in [0.05, 0.1) is 0 Å². The Balaban J connectivity index is 1.88. The first-order chi connectivity index (χ1) is 14.4. The predicted molar refractivity (Wildman–Crippen MR) is 134 cm³/mol. The lowest BCUT2D eigenvalue weighted by Crippen LogP contribution is -2.58. The van der Waals surface area contributed by atoms with Crippen LogP contribution in [-0.4, -0.2) is 8.07 Å². The van der Waals surface area contributed by atoms with Crippen molar-refractivity contribution < 1.29 is 0 Å². The number of hydrogen-bond donors (Lipinski definition) is 0. The molecule has 0 atom stereocenters. The fourth-order valence-electron chi connectivity index (χ4n) is 5.07. The topological polar surface area (TPSA) is 0 Å². The average Bonchev–Trinajstić information content (AvgIpc) is 3.15. The van der Waals surface area contributed by atoms with E-state index in [0.717, 1.165) is 12.8 Å². The zero-order valence-corrected chi connectivity index (χ0v) is 19.9. The molecule has 0 saturated heterocycles. The molecule has 0 bridgehead atoms. The van der Waals surface area contributed by atoms with Gasteiger partial charge in [-0.3, -0.25) is 0 Å². The molecule has 0 N–H and O–H groups in total. The minimum Gasteiger partial charge on any atom is -0.0804 e. The maximum atomic E-state index is 2.56. The minimum absolute atomic E-state index is 1.02. The molecule has 0 fully saturated rings. The molecule has 4 rings (SSSR count).